The van der Waals surface area contributed by atoms with E-state index in [2.05, 4.69) is 22.3 Å². The van der Waals surface area contributed by atoms with Gasteiger partial charge in [-0.2, -0.15) is 0 Å². The molecule has 5 heteroatoms. The second kappa shape index (κ2) is 6.82. The molecule has 5 nitrogen and oxygen atoms in total. The highest BCUT2D eigenvalue weighted by molar-refractivity contribution is 5.38. The van der Waals surface area contributed by atoms with Crippen LogP contribution < -0.4 is 16.0 Å². The smallest absolute Gasteiger partial charge is 0.151 e. The summed E-state index contributed by atoms with van der Waals surface area (Å²) in [5, 5.41) is 0. The molecule has 2 aromatic rings. The third kappa shape index (κ3) is 3.27. The Kier molecular flexibility index (Phi) is 4.83. The second-order valence-electron chi connectivity index (χ2n) is 4.09. The lowest BCUT2D eigenvalue weighted by Gasteiger charge is -2.18. The summed E-state index contributed by atoms with van der Waals surface area (Å²) in [7, 11) is 0. The lowest BCUT2D eigenvalue weighted by Crippen LogP contribution is -2.30. The van der Waals surface area contributed by atoms with Crippen molar-refractivity contribution in [3.63, 3.8) is 0 Å². The van der Waals surface area contributed by atoms with Crippen molar-refractivity contribution in [3.8, 4) is 5.75 Å². The summed E-state index contributed by atoms with van der Waals surface area (Å²) in [5.74, 6) is 7.08. The van der Waals surface area contributed by atoms with Gasteiger partial charge in [-0.1, -0.05) is 25.1 Å². The summed E-state index contributed by atoms with van der Waals surface area (Å²) in [5.41, 5.74) is 3.68. The Morgan fingerprint density at radius 2 is 1.95 bits per heavy atom. The van der Waals surface area contributed by atoms with E-state index in [-0.39, 0.29) is 6.04 Å². The molecule has 1 aromatic heterocycles. The van der Waals surface area contributed by atoms with Gasteiger partial charge in [-0.25, -0.2) is 15.4 Å². The van der Waals surface area contributed by atoms with Crippen molar-refractivity contribution in [3.05, 3.63) is 54.1 Å². The highest BCUT2D eigenvalue weighted by atomic mass is 16.5. The normalized spacial score (nSPS) is 12.1. The third-order valence-electron chi connectivity index (χ3n) is 2.70. The van der Waals surface area contributed by atoms with Crippen molar-refractivity contribution in [2.45, 2.75) is 19.4 Å². The molecule has 0 aliphatic carbocycles. The van der Waals surface area contributed by atoms with Gasteiger partial charge in [0.1, 0.15) is 11.8 Å². The number of hydrazine groups is 1. The van der Waals surface area contributed by atoms with Crippen LogP contribution in [0, 0.1) is 0 Å². The number of rotatable bonds is 6. The van der Waals surface area contributed by atoms with Crippen LogP contribution >= 0.6 is 0 Å². The molecular formula is C14H18N4O. The topological polar surface area (TPSA) is 73.1 Å². The van der Waals surface area contributed by atoms with E-state index in [1.54, 1.807) is 18.5 Å². The fraction of sp³-hybridized carbons (Fsp3) is 0.286. The first-order chi connectivity index (χ1) is 9.36. The molecule has 0 radical (unpaired) electrons. The Morgan fingerprint density at radius 1 is 1.21 bits per heavy atom. The number of nitrogens with two attached hydrogens (primary N) is 1. The van der Waals surface area contributed by atoms with Crippen LogP contribution in [0.2, 0.25) is 0 Å². The summed E-state index contributed by atoms with van der Waals surface area (Å²) in [4.78, 5) is 8.48. The zero-order valence-electron chi connectivity index (χ0n) is 10.9. The maximum Gasteiger partial charge on any atom is 0.151 e. The van der Waals surface area contributed by atoms with E-state index in [0.29, 0.717) is 12.4 Å². The summed E-state index contributed by atoms with van der Waals surface area (Å²) < 4.78 is 5.74. The second-order valence-corrected chi connectivity index (χ2v) is 4.09. The van der Waals surface area contributed by atoms with Gasteiger partial charge in [0.15, 0.2) is 5.82 Å². The van der Waals surface area contributed by atoms with E-state index >= 15 is 0 Å². The molecule has 1 aromatic carbocycles. The van der Waals surface area contributed by atoms with Gasteiger partial charge in [0.2, 0.25) is 0 Å². The number of nitrogens with zero attached hydrogens (tertiary/aromatic N) is 2. The molecule has 0 aliphatic rings. The maximum absolute atomic E-state index is 5.74. The molecule has 2 rings (SSSR count). The van der Waals surface area contributed by atoms with Crippen LogP contribution in [0.15, 0.2) is 42.7 Å². The molecule has 0 aliphatic heterocycles. The Morgan fingerprint density at radius 3 is 2.63 bits per heavy atom. The van der Waals surface area contributed by atoms with Crippen molar-refractivity contribution >= 4 is 0 Å². The summed E-state index contributed by atoms with van der Waals surface area (Å²) >= 11 is 0. The molecule has 19 heavy (non-hydrogen) atoms. The molecule has 3 N–H and O–H groups in total. The Labute approximate surface area is 112 Å². The van der Waals surface area contributed by atoms with Crippen molar-refractivity contribution in [2.24, 2.45) is 5.84 Å². The van der Waals surface area contributed by atoms with E-state index in [1.165, 1.54) is 0 Å². The highest BCUT2D eigenvalue weighted by Gasteiger charge is 2.18. The van der Waals surface area contributed by atoms with E-state index < -0.39 is 0 Å². The monoisotopic (exact) mass is 258 g/mol. The van der Waals surface area contributed by atoms with E-state index in [1.807, 2.05) is 24.3 Å². The fourth-order valence-electron chi connectivity index (χ4n) is 1.83. The van der Waals surface area contributed by atoms with E-state index in [0.717, 1.165) is 17.7 Å². The molecular weight excluding hydrogens is 240 g/mol. The summed E-state index contributed by atoms with van der Waals surface area (Å²) in [6, 6.07) is 9.27. The SMILES string of the molecule is CCCOc1ccccc1C(NN)c1ncccn1. The quantitative estimate of drug-likeness (QED) is 0.610. The fourth-order valence-corrected chi connectivity index (χ4v) is 1.83. The van der Waals surface area contributed by atoms with Crippen LogP contribution in [0.5, 0.6) is 5.75 Å². The van der Waals surface area contributed by atoms with Crippen LogP contribution in [0.25, 0.3) is 0 Å². The van der Waals surface area contributed by atoms with Gasteiger partial charge in [-0.05, 0) is 18.6 Å². The Balaban J connectivity index is 2.33. The van der Waals surface area contributed by atoms with Crippen LogP contribution in [0.4, 0.5) is 0 Å². The molecule has 0 bridgehead atoms. The third-order valence-corrected chi connectivity index (χ3v) is 2.70. The molecule has 0 saturated heterocycles. The lowest BCUT2D eigenvalue weighted by molar-refractivity contribution is 0.311. The molecule has 100 valence electrons. The number of hydrogen-bond acceptors (Lipinski definition) is 5. The molecule has 1 unspecified atom stereocenters. The molecule has 0 fully saturated rings. The van der Waals surface area contributed by atoms with Crippen LogP contribution in [-0.4, -0.2) is 16.6 Å². The molecule has 1 atom stereocenters. The van der Waals surface area contributed by atoms with E-state index in [4.69, 9.17) is 10.6 Å². The Bertz CT molecular complexity index is 504. The number of ether oxygens (including phenoxy) is 1. The van der Waals surface area contributed by atoms with E-state index in [9.17, 15) is 0 Å². The average molecular weight is 258 g/mol. The molecule has 0 saturated carbocycles. The Hall–Kier alpha value is -1.98. The minimum Gasteiger partial charge on any atom is -0.493 e. The zero-order chi connectivity index (χ0) is 13.5. The van der Waals surface area contributed by atoms with Crippen LogP contribution in [-0.2, 0) is 0 Å². The van der Waals surface area contributed by atoms with Gasteiger partial charge in [-0.3, -0.25) is 5.84 Å². The first-order valence-corrected chi connectivity index (χ1v) is 6.31. The lowest BCUT2D eigenvalue weighted by atomic mass is 10.1. The summed E-state index contributed by atoms with van der Waals surface area (Å²) in [6.45, 7) is 2.74. The molecule has 1 heterocycles. The minimum absolute atomic E-state index is 0.283. The van der Waals surface area contributed by atoms with Gasteiger partial charge in [0.05, 0.1) is 6.61 Å². The predicted octanol–water partition coefficient (Wildman–Crippen LogP) is 1.82. The average Bonchev–Trinajstić information content (AvgIpc) is 2.48. The zero-order valence-corrected chi connectivity index (χ0v) is 10.9. The van der Waals surface area contributed by atoms with Crippen molar-refractivity contribution in [1.82, 2.24) is 15.4 Å². The minimum atomic E-state index is -0.283. The number of nitrogens with one attached hydrogen (secondary N) is 1. The van der Waals surface area contributed by atoms with Crippen molar-refractivity contribution in [2.75, 3.05) is 6.61 Å². The first kappa shape index (κ1) is 13.5. The van der Waals surface area contributed by atoms with Gasteiger partial charge in [0, 0.05) is 18.0 Å². The standard InChI is InChI=1S/C14H18N4O/c1-2-10-19-12-7-4-3-6-11(12)13(18-15)14-16-8-5-9-17-14/h3-9,13,18H,2,10,15H2,1H3. The number of aromatic nitrogens is 2. The largest absolute Gasteiger partial charge is 0.493 e. The predicted molar refractivity (Wildman–Crippen MR) is 73.4 cm³/mol. The van der Waals surface area contributed by atoms with Crippen molar-refractivity contribution < 1.29 is 4.74 Å². The maximum atomic E-state index is 5.74. The number of hydrogen-bond donors (Lipinski definition) is 2. The van der Waals surface area contributed by atoms with Crippen LogP contribution in [0.3, 0.4) is 0 Å². The number of benzene rings is 1. The van der Waals surface area contributed by atoms with Crippen molar-refractivity contribution in [1.29, 1.82) is 0 Å². The van der Waals surface area contributed by atoms with Gasteiger partial charge < -0.3 is 4.74 Å². The number of para-hydroxylation sites is 1. The van der Waals surface area contributed by atoms with Crippen LogP contribution in [0.1, 0.15) is 30.8 Å². The highest BCUT2D eigenvalue weighted by Crippen LogP contribution is 2.27. The molecule has 0 amide bonds. The summed E-state index contributed by atoms with van der Waals surface area (Å²) in [6.07, 6.45) is 4.35. The van der Waals surface area contributed by atoms with Gasteiger partial charge in [-0.15, -0.1) is 0 Å². The van der Waals surface area contributed by atoms with Gasteiger partial charge in [0.25, 0.3) is 0 Å². The van der Waals surface area contributed by atoms with Gasteiger partial charge >= 0.3 is 0 Å². The first-order valence-electron chi connectivity index (χ1n) is 6.31. The molecule has 0 spiro atoms.